The van der Waals surface area contributed by atoms with E-state index in [0.29, 0.717) is 0 Å². The maximum absolute atomic E-state index is 4.19. The fraction of sp³-hybridized carbons (Fsp3) is 0.0435. The molecule has 0 radical (unpaired) electrons. The summed E-state index contributed by atoms with van der Waals surface area (Å²) in [6, 6.07) is 28.9. The van der Waals surface area contributed by atoms with Crippen LogP contribution in [0, 0.1) is 0 Å². The van der Waals surface area contributed by atoms with Gasteiger partial charge in [-0.1, -0.05) is 60.7 Å². The van der Waals surface area contributed by atoms with Crippen molar-refractivity contribution in [3.05, 3.63) is 108 Å². The molecular weight excluding hydrogens is 304 g/mol. The Kier molecular flexibility index (Phi) is 4.34. The normalized spacial score (nSPS) is 11.0. The number of rotatable bonds is 1. The van der Waals surface area contributed by atoms with Crippen LogP contribution >= 0.6 is 0 Å². The quantitative estimate of drug-likeness (QED) is 0.413. The maximum atomic E-state index is 4.19. The Morgan fingerprint density at radius 1 is 0.480 bits per heavy atom. The molecule has 0 bridgehead atoms. The molecule has 0 atom stereocenters. The van der Waals surface area contributed by atoms with Crippen molar-refractivity contribution in [2.45, 2.75) is 6.42 Å². The molecule has 4 aromatic rings. The van der Waals surface area contributed by atoms with Gasteiger partial charge in [-0.2, -0.15) is 0 Å². The summed E-state index contributed by atoms with van der Waals surface area (Å²) < 4.78 is 0. The molecule has 0 saturated carbocycles. The van der Waals surface area contributed by atoms with Gasteiger partial charge in [-0.3, -0.25) is 9.97 Å². The van der Waals surface area contributed by atoms with Crippen LogP contribution in [0.15, 0.2) is 97.3 Å². The molecule has 2 aromatic heterocycles. The lowest BCUT2D eigenvalue weighted by Crippen LogP contribution is -1.83. The van der Waals surface area contributed by atoms with Gasteiger partial charge < -0.3 is 0 Å². The lowest BCUT2D eigenvalue weighted by atomic mass is 10.1. The van der Waals surface area contributed by atoms with Gasteiger partial charge in [0.25, 0.3) is 0 Å². The van der Waals surface area contributed by atoms with Crippen molar-refractivity contribution in [1.82, 2.24) is 9.97 Å². The number of benzene rings is 2. The predicted molar refractivity (Wildman–Crippen MR) is 102 cm³/mol. The van der Waals surface area contributed by atoms with Crippen LogP contribution in [-0.2, 0) is 6.42 Å². The lowest BCUT2D eigenvalue weighted by Gasteiger charge is -1.98. The Morgan fingerprint density at radius 3 is 1.36 bits per heavy atom. The van der Waals surface area contributed by atoms with Crippen molar-refractivity contribution < 1.29 is 0 Å². The Morgan fingerprint density at radius 2 is 0.920 bits per heavy atom. The molecule has 1 aliphatic rings. The van der Waals surface area contributed by atoms with Gasteiger partial charge in [0.05, 0.1) is 11.4 Å². The minimum atomic E-state index is 0.915. The molecule has 2 nitrogen and oxygen atoms in total. The largest absolute Gasteiger partial charge is 0.255 e. The SMILES string of the molecule is c1ccc(-c2ccccn2)nc1.c1ccc2c(c1)Cc1ccccc1-2. The summed E-state index contributed by atoms with van der Waals surface area (Å²) in [7, 11) is 0. The Bertz CT molecular complexity index is 882. The van der Waals surface area contributed by atoms with Gasteiger partial charge in [-0.05, 0) is 52.9 Å². The van der Waals surface area contributed by atoms with Crippen LogP contribution in [0.5, 0.6) is 0 Å². The average Bonchev–Trinajstić information content (AvgIpc) is 3.09. The number of nitrogens with zero attached hydrogens (tertiary/aromatic N) is 2. The molecule has 2 heteroatoms. The summed E-state index contributed by atoms with van der Waals surface area (Å²) in [5.74, 6) is 0. The number of fused-ring (bicyclic) bond motifs is 3. The van der Waals surface area contributed by atoms with Crippen LogP contribution in [0.25, 0.3) is 22.5 Å². The standard InChI is InChI=1S/C13H10.C10H8N2/c1-3-7-12-10(5-1)9-11-6-2-4-8-13(11)12;1-3-7-11-9(5-1)10-6-2-4-8-12-10/h1-8H,9H2;1-8H. The van der Waals surface area contributed by atoms with Crippen LogP contribution in [-0.4, -0.2) is 9.97 Å². The molecule has 120 valence electrons. The summed E-state index contributed by atoms with van der Waals surface area (Å²) in [5.41, 5.74) is 7.58. The Hall–Kier alpha value is -3.26. The van der Waals surface area contributed by atoms with E-state index in [1.165, 1.54) is 22.3 Å². The average molecular weight is 322 g/mol. The zero-order valence-corrected chi connectivity index (χ0v) is 13.8. The van der Waals surface area contributed by atoms with Crippen LogP contribution in [0.1, 0.15) is 11.1 Å². The lowest BCUT2D eigenvalue weighted by molar-refractivity contribution is 1.25. The highest BCUT2D eigenvalue weighted by Gasteiger charge is 2.15. The summed E-state index contributed by atoms with van der Waals surface area (Å²) in [6.45, 7) is 0. The van der Waals surface area contributed by atoms with Gasteiger partial charge >= 0.3 is 0 Å². The van der Waals surface area contributed by atoms with Crippen molar-refractivity contribution >= 4 is 0 Å². The van der Waals surface area contributed by atoms with E-state index in [2.05, 4.69) is 58.5 Å². The van der Waals surface area contributed by atoms with Gasteiger partial charge in [0, 0.05) is 12.4 Å². The number of pyridine rings is 2. The molecule has 2 aromatic carbocycles. The summed E-state index contributed by atoms with van der Waals surface area (Å²) in [4.78, 5) is 8.37. The molecule has 1 aliphatic carbocycles. The Balaban J connectivity index is 0.000000126. The van der Waals surface area contributed by atoms with E-state index in [4.69, 9.17) is 0 Å². The molecule has 2 heterocycles. The van der Waals surface area contributed by atoms with Crippen LogP contribution in [0.2, 0.25) is 0 Å². The topological polar surface area (TPSA) is 25.8 Å². The minimum absolute atomic E-state index is 0.915. The van der Waals surface area contributed by atoms with Gasteiger partial charge in [-0.15, -0.1) is 0 Å². The summed E-state index contributed by atoms with van der Waals surface area (Å²) in [5, 5.41) is 0. The van der Waals surface area contributed by atoms with Crippen LogP contribution in [0.4, 0.5) is 0 Å². The molecule has 0 spiro atoms. The molecule has 0 N–H and O–H groups in total. The van der Waals surface area contributed by atoms with Crippen molar-refractivity contribution in [1.29, 1.82) is 0 Å². The van der Waals surface area contributed by atoms with E-state index in [1.807, 2.05) is 36.4 Å². The zero-order chi connectivity index (χ0) is 16.9. The van der Waals surface area contributed by atoms with Crippen LogP contribution < -0.4 is 0 Å². The van der Waals surface area contributed by atoms with E-state index < -0.39 is 0 Å². The fourth-order valence-corrected chi connectivity index (χ4v) is 3.11. The van der Waals surface area contributed by atoms with E-state index in [-0.39, 0.29) is 0 Å². The first-order valence-corrected chi connectivity index (χ1v) is 8.40. The van der Waals surface area contributed by atoms with Gasteiger partial charge in [-0.25, -0.2) is 0 Å². The summed E-state index contributed by atoms with van der Waals surface area (Å²) in [6.07, 6.45) is 4.64. The number of hydrogen-bond donors (Lipinski definition) is 0. The van der Waals surface area contributed by atoms with E-state index in [1.54, 1.807) is 12.4 Å². The molecule has 0 fully saturated rings. The number of aromatic nitrogens is 2. The minimum Gasteiger partial charge on any atom is -0.255 e. The zero-order valence-electron chi connectivity index (χ0n) is 13.8. The first-order chi connectivity index (χ1) is 12.4. The first kappa shape index (κ1) is 15.3. The van der Waals surface area contributed by atoms with Crippen molar-refractivity contribution in [2.24, 2.45) is 0 Å². The molecule has 0 saturated heterocycles. The van der Waals surface area contributed by atoms with E-state index in [9.17, 15) is 0 Å². The number of hydrogen-bond acceptors (Lipinski definition) is 2. The molecule has 0 amide bonds. The highest BCUT2D eigenvalue weighted by atomic mass is 14.7. The highest BCUT2D eigenvalue weighted by molar-refractivity contribution is 5.76. The third-order valence-corrected chi connectivity index (χ3v) is 4.30. The molecule has 25 heavy (non-hydrogen) atoms. The Labute approximate surface area is 147 Å². The molecular formula is C23H18N2. The second kappa shape index (κ2) is 7.10. The highest BCUT2D eigenvalue weighted by Crippen LogP contribution is 2.35. The second-order valence-corrected chi connectivity index (χ2v) is 5.92. The third kappa shape index (κ3) is 3.33. The predicted octanol–water partition coefficient (Wildman–Crippen LogP) is 5.40. The van der Waals surface area contributed by atoms with Crippen LogP contribution in [0.3, 0.4) is 0 Å². The smallest absolute Gasteiger partial charge is 0.0886 e. The molecule has 0 aliphatic heterocycles. The fourth-order valence-electron chi connectivity index (χ4n) is 3.11. The van der Waals surface area contributed by atoms with Gasteiger partial charge in [0.15, 0.2) is 0 Å². The third-order valence-electron chi connectivity index (χ3n) is 4.30. The summed E-state index contributed by atoms with van der Waals surface area (Å²) >= 11 is 0. The molecule has 0 unspecified atom stereocenters. The molecule has 5 rings (SSSR count). The van der Waals surface area contributed by atoms with Gasteiger partial charge in [0.2, 0.25) is 0 Å². The second-order valence-electron chi connectivity index (χ2n) is 5.92. The van der Waals surface area contributed by atoms with Crippen molar-refractivity contribution in [3.8, 4) is 22.5 Å². The first-order valence-electron chi connectivity index (χ1n) is 8.40. The van der Waals surface area contributed by atoms with Gasteiger partial charge in [0.1, 0.15) is 0 Å². The van der Waals surface area contributed by atoms with E-state index >= 15 is 0 Å². The van der Waals surface area contributed by atoms with E-state index in [0.717, 1.165) is 17.8 Å². The van der Waals surface area contributed by atoms with Crippen molar-refractivity contribution in [3.63, 3.8) is 0 Å². The maximum Gasteiger partial charge on any atom is 0.0886 e. The van der Waals surface area contributed by atoms with Crippen molar-refractivity contribution in [2.75, 3.05) is 0 Å². The monoisotopic (exact) mass is 322 g/mol.